The van der Waals surface area contributed by atoms with E-state index in [4.69, 9.17) is 11.6 Å². The highest BCUT2D eigenvalue weighted by Crippen LogP contribution is 2.36. The maximum absolute atomic E-state index is 12.8. The zero-order chi connectivity index (χ0) is 22.0. The third-order valence-electron chi connectivity index (χ3n) is 4.26. The summed E-state index contributed by atoms with van der Waals surface area (Å²) in [6, 6.07) is 1.99. The summed E-state index contributed by atoms with van der Waals surface area (Å²) >= 11 is 5.49. The normalized spacial score (nSPS) is 19.2. The fourth-order valence-electron chi connectivity index (χ4n) is 2.47. The van der Waals surface area contributed by atoms with E-state index < -0.39 is 59.3 Å². The second-order valence-corrected chi connectivity index (χ2v) is 6.82. The monoisotopic (exact) mass is 435 g/mol. The number of hydrogen-bond donors (Lipinski definition) is 2. The molecular weight excluding hydrogens is 419 g/mol. The van der Waals surface area contributed by atoms with Crippen molar-refractivity contribution >= 4 is 41.1 Å². The summed E-state index contributed by atoms with van der Waals surface area (Å²) in [4.78, 5) is 48.3. The number of hydrogen-bond acceptors (Lipinski definition) is 5. The van der Waals surface area contributed by atoms with E-state index in [0.29, 0.717) is 17.4 Å². The summed E-state index contributed by atoms with van der Waals surface area (Å²) in [5.41, 5.74) is -2.46. The second-order valence-electron chi connectivity index (χ2n) is 6.41. The van der Waals surface area contributed by atoms with Gasteiger partial charge >= 0.3 is 18.2 Å². The van der Waals surface area contributed by atoms with Crippen LogP contribution in [0.5, 0.6) is 0 Å². The number of esters is 1. The lowest BCUT2D eigenvalue weighted by Gasteiger charge is -2.18. The molecule has 1 saturated heterocycles. The minimum absolute atomic E-state index is 0.199. The standard InChI is InChI=1S/C17H17ClF3N3O5/c1-3-16(2)14(27)24(15(28)23-16)7-13(26)29-8-12(25)22-9-4-5-11(18)10(6-9)17(19,20)21/h4-6H,3,7-8H2,1-2H3,(H,22,25)(H,23,28). The van der Waals surface area contributed by atoms with Gasteiger partial charge in [0.05, 0.1) is 10.6 Å². The predicted octanol–water partition coefficient (Wildman–Crippen LogP) is 2.56. The number of imide groups is 1. The summed E-state index contributed by atoms with van der Waals surface area (Å²) in [5.74, 6) is -2.55. The molecule has 0 bridgehead atoms. The van der Waals surface area contributed by atoms with Gasteiger partial charge in [-0.05, 0) is 31.5 Å². The van der Waals surface area contributed by atoms with Crippen molar-refractivity contribution in [1.29, 1.82) is 0 Å². The average molecular weight is 436 g/mol. The number of amides is 4. The molecule has 4 amide bonds. The Kier molecular flexibility index (Phi) is 6.41. The highest BCUT2D eigenvalue weighted by molar-refractivity contribution is 6.31. The molecule has 12 heteroatoms. The number of rotatable bonds is 6. The minimum Gasteiger partial charge on any atom is -0.454 e. The van der Waals surface area contributed by atoms with Gasteiger partial charge < -0.3 is 15.4 Å². The number of anilines is 1. The van der Waals surface area contributed by atoms with Crippen molar-refractivity contribution in [2.24, 2.45) is 0 Å². The molecule has 8 nitrogen and oxygen atoms in total. The second kappa shape index (κ2) is 8.27. The van der Waals surface area contributed by atoms with E-state index >= 15 is 0 Å². The molecule has 29 heavy (non-hydrogen) atoms. The van der Waals surface area contributed by atoms with Crippen LogP contribution in [0.1, 0.15) is 25.8 Å². The molecular formula is C17H17ClF3N3O5. The highest BCUT2D eigenvalue weighted by atomic mass is 35.5. The van der Waals surface area contributed by atoms with Crippen LogP contribution in [0.3, 0.4) is 0 Å². The third kappa shape index (κ3) is 5.17. The number of nitrogens with zero attached hydrogens (tertiary/aromatic N) is 1. The molecule has 0 radical (unpaired) electrons. The number of ether oxygens (including phenoxy) is 1. The number of nitrogens with one attached hydrogen (secondary N) is 2. The molecule has 1 aliphatic rings. The Labute approximate surface area is 168 Å². The van der Waals surface area contributed by atoms with Gasteiger partial charge in [0.1, 0.15) is 12.1 Å². The highest BCUT2D eigenvalue weighted by Gasteiger charge is 2.47. The number of carbonyl (C=O) groups excluding carboxylic acids is 4. The zero-order valence-electron chi connectivity index (χ0n) is 15.4. The summed E-state index contributed by atoms with van der Waals surface area (Å²) in [7, 11) is 0. The average Bonchev–Trinajstić information content (AvgIpc) is 2.84. The van der Waals surface area contributed by atoms with E-state index in [1.165, 1.54) is 6.92 Å². The maximum atomic E-state index is 12.8. The van der Waals surface area contributed by atoms with Crippen LogP contribution in [-0.4, -0.2) is 47.4 Å². The lowest BCUT2D eigenvalue weighted by atomic mass is 9.99. The van der Waals surface area contributed by atoms with Gasteiger partial charge in [0.2, 0.25) is 0 Å². The summed E-state index contributed by atoms with van der Waals surface area (Å²) in [6.45, 7) is 1.67. The van der Waals surface area contributed by atoms with E-state index in [2.05, 4.69) is 15.4 Å². The Bertz CT molecular complexity index is 861. The molecule has 0 aromatic heterocycles. The van der Waals surface area contributed by atoms with E-state index in [1.807, 2.05) is 0 Å². The predicted molar refractivity (Wildman–Crippen MR) is 95.0 cm³/mol. The lowest BCUT2D eigenvalue weighted by Crippen LogP contribution is -2.43. The van der Waals surface area contributed by atoms with Crippen molar-refractivity contribution in [2.45, 2.75) is 32.0 Å². The Hall–Kier alpha value is -2.82. The summed E-state index contributed by atoms with van der Waals surface area (Å²) in [6.07, 6.45) is -4.40. The van der Waals surface area contributed by atoms with Gasteiger partial charge in [0.25, 0.3) is 11.8 Å². The van der Waals surface area contributed by atoms with Gasteiger partial charge in [-0.1, -0.05) is 18.5 Å². The van der Waals surface area contributed by atoms with E-state index in [1.54, 1.807) is 6.92 Å². The van der Waals surface area contributed by atoms with Crippen LogP contribution in [0, 0.1) is 0 Å². The Morgan fingerprint density at radius 1 is 1.31 bits per heavy atom. The van der Waals surface area contributed by atoms with Crippen LogP contribution in [0.4, 0.5) is 23.7 Å². The third-order valence-corrected chi connectivity index (χ3v) is 4.59. The Morgan fingerprint density at radius 2 is 1.97 bits per heavy atom. The Morgan fingerprint density at radius 3 is 2.52 bits per heavy atom. The molecule has 0 saturated carbocycles. The molecule has 158 valence electrons. The van der Waals surface area contributed by atoms with Crippen molar-refractivity contribution in [3.8, 4) is 0 Å². The topological polar surface area (TPSA) is 105 Å². The molecule has 1 heterocycles. The Balaban J connectivity index is 1.91. The number of benzene rings is 1. The first-order valence-corrected chi connectivity index (χ1v) is 8.71. The number of alkyl halides is 3. The number of halogens is 4. The van der Waals surface area contributed by atoms with E-state index in [0.717, 1.165) is 12.1 Å². The van der Waals surface area contributed by atoms with Crippen LogP contribution in [0.15, 0.2) is 18.2 Å². The molecule has 0 aliphatic carbocycles. The molecule has 1 unspecified atom stereocenters. The molecule has 1 fully saturated rings. The molecule has 2 rings (SSSR count). The molecule has 1 aliphatic heterocycles. The number of urea groups is 1. The van der Waals surface area contributed by atoms with Crippen LogP contribution in [0.25, 0.3) is 0 Å². The summed E-state index contributed by atoms with van der Waals surface area (Å²) in [5, 5.41) is 4.06. The van der Waals surface area contributed by atoms with E-state index in [9.17, 15) is 32.3 Å². The van der Waals surface area contributed by atoms with Crippen molar-refractivity contribution in [1.82, 2.24) is 10.2 Å². The zero-order valence-corrected chi connectivity index (χ0v) is 16.1. The quantitative estimate of drug-likeness (QED) is 0.528. The molecule has 2 N–H and O–H groups in total. The van der Waals surface area contributed by atoms with Crippen LogP contribution in [-0.2, 0) is 25.3 Å². The van der Waals surface area contributed by atoms with Crippen molar-refractivity contribution in [3.05, 3.63) is 28.8 Å². The van der Waals surface area contributed by atoms with Gasteiger partial charge in [-0.15, -0.1) is 0 Å². The van der Waals surface area contributed by atoms with Crippen LogP contribution < -0.4 is 10.6 Å². The summed E-state index contributed by atoms with van der Waals surface area (Å²) < 4.78 is 43.2. The van der Waals surface area contributed by atoms with Gasteiger partial charge in [-0.2, -0.15) is 13.2 Å². The van der Waals surface area contributed by atoms with Gasteiger partial charge in [-0.3, -0.25) is 19.3 Å². The SMILES string of the molecule is CCC1(C)NC(=O)N(CC(=O)OCC(=O)Nc2ccc(Cl)c(C(F)(F)F)c2)C1=O. The maximum Gasteiger partial charge on any atom is 0.417 e. The van der Waals surface area contributed by atoms with Crippen molar-refractivity contribution in [2.75, 3.05) is 18.5 Å². The first kappa shape index (κ1) is 22.5. The van der Waals surface area contributed by atoms with Crippen molar-refractivity contribution < 1.29 is 37.1 Å². The fourth-order valence-corrected chi connectivity index (χ4v) is 2.69. The van der Waals surface area contributed by atoms with Crippen LogP contribution in [0.2, 0.25) is 5.02 Å². The van der Waals surface area contributed by atoms with Crippen LogP contribution >= 0.6 is 11.6 Å². The lowest BCUT2D eigenvalue weighted by molar-refractivity contribution is -0.150. The van der Waals surface area contributed by atoms with Gasteiger partial charge in [0, 0.05) is 5.69 Å². The van der Waals surface area contributed by atoms with Crippen molar-refractivity contribution in [3.63, 3.8) is 0 Å². The molecule has 1 aromatic rings. The first-order valence-electron chi connectivity index (χ1n) is 8.33. The molecule has 0 spiro atoms. The van der Waals surface area contributed by atoms with Gasteiger partial charge in [0.15, 0.2) is 6.61 Å². The molecule has 1 aromatic carbocycles. The molecule has 1 atom stereocenters. The van der Waals surface area contributed by atoms with E-state index in [-0.39, 0.29) is 5.69 Å². The van der Waals surface area contributed by atoms with Gasteiger partial charge in [-0.25, -0.2) is 4.79 Å². The smallest absolute Gasteiger partial charge is 0.417 e. The first-order chi connectivity index (χ1) is 13.4. The number of carbonyl (C=O) groups is 4. The minimum atomic E-state index is -4.71. The fraction of sp³-hybridized carbons (Fsp3) is 0.412. The largest absolute Gasteiger partial charge is 0.454 e.